The fourth-order valence-corrected chi connectivity index (χ4v) is 5.44. The Morgan fingerprint density at radius 1 is 1.08 bits per heavy atom. The lowest BCUT2D eigenvalue weighted by molar-refractivity contribution is -0.139. The van der Waals surface area contributed by atoms with Crippen LogP contribution in [0.3, 0.4) is 0 Å². The SMILES string of the molecule is CCOC(=O)C1=C(C)N=c2s/c(=C/c3cc(OC)c(OC)c(OC)c3)c(=O)n2[C@H]1c1ccc(N(C)C)cc1. The molecule has 0 saturated carbocycles. The van der Waals surface area contributed by atoms with Gasteiger partial charge in [0.2, 0.25) is 5.75 Å². The summed E-state index contributed by atoms with van der Waals surface area (Å²) in [5.41, 5.74) is 3.08. The quantitative estimate of drug-likeness (QED) is 0.408. The molecule has 9 nitrogen and oxygen atoms in total. The van der Waals surface area contributed by atoms with Gasteiger partial charge in [0.25, 0.3) is 5.56 Å². The highest BCUT2D eigenvalue weighted by Gasteiger charge is 2.33. The number of esters is 1. The molecule has 0 unspecified atom stereocenters. The Balaban J connectivity index is 1.93. The first-order chi connectivity index (χ1) is 18.2. The van der Waals surface area contributed by atoms with Gasteiger partial charge in [0.05, 0.1) is 49.8 Å². The van der Waals surface area contributed by atoms with E-state index in [0.717, 1.165) is 11.3 Å². The Morgan fingerprint density at radius 3 is 2.24 bits per heavy atom. The molecule has 1 atom stereocenters. The fraction of sp³-hybridized carbons (Fsp3) is 0.321. The third-order valence-corrected chi connectivity index (χ3v) is 7.21. The molecule has 4 rings (SSSR count). The molecule has 1 aliphatic rings. The van der Waals surface area contributed by atoms with E-state index in [1.54, 1.807) is 36.6 Å². The number of nitrogens with zero attached hydrogens (tertiary/aromatic N) is 3. The van der Waals surface area contributed by atoms with Crippen LogP contribution in [0.4, 0.5) is 5.69 Å². The Morgan fingerprint density at radius 2 is 1.71 bits per heavy atom. The minimum absolute atomic E-state index is 0.216. The molecule has 3 aromatic rings. The largest absolute Gasteiger partial charge is 0.493 e. The van der Waals surface area contributed by atoms with Crippen molar-refractivity contribution in [1.29, 1.82) is 0 Å². The number of benzene rings is 2. The van der Waals surface area contributed by atoms with Crippen LogP contribution in [0.25, 0.3) is 6.08 Å². The molecule has 0 spiro atoms. The van der Waals surface area contributed by atoms with E-state index in [0.29, 0.717) is 43.4 Å². The van der Waals surface area contributed by atoms with Crippen molar-refractivity contribution in [2.45, 2.75) is 19.9 Å². The van der Waals surface area contributed by atoms with Crippen molar-refractivity contribution in [2.24, 2.45) is 4.99 Å². The Kier molecular flexibility index (Phi) is 7.91. The van der Waals surface area contributed by atoms with E-state index >= 15 is 0 Å². The van der Waals surface area contributed by atoms with Crippen molar-refractivity contribution in [3.63, 3.8) is 0 Å². The Labute approximate surface area is 224 Å². The van der Waals surface area contributed by atoms with Crippen molar-refractivity contribution in [3.05, 3.63) is 78.5 Å². The number of thiazole rings is 1. The van der Waals surface area contributed by atoms with Crippen molar-refractivity contribution >= 4 is 29.1 Å². The topological polar surface area (TPSA) is 91.6 Å². The highest BCUT2D eigenvalue weighted by atomic mass is 32.1. The number of methoxy groups -OCH3 is 3. The van der Waals surface area contributed by atoms with E-state index < -0.39 is 12.0 Å². The first kappa shape index (κ1) is 27.0. The van der Waals surface area contributed by atoms with Gasteiger partial charge in [-0.2, -0.15) is 0 Å². The third-order valence-electron chi connectivity index (χ3n) is 6.23. The van der Waals surface area contributed by atoms with Gasteiger partial charge < -0.3 is 23.8 Å². The molecule has 0 saturated heterocycles. The average molecular weight is 538 g/mol. The summed E-state index contributed by atoms with van der Waals surface area (Å²) in [5, 5.41) is 0. The van der Waals surface area contributed by atoms with Gasteiger partial charge in [-0.15, -0.1) is 0 Å². The first-order valence-corrected chi connectivity index (χ1v) is 12.8. The predicted octanol–water partition coefficient (Wildman–Crippen LogP) is 2.89. The number of anilines is 1. The number of allylic oxidation sites excluding steroid dienone is 1. The molecule has 0 fully saturated rings. The maximum absolute atomic E-state index is 13.9. The number of aromatic nitrogens is 1. The fourth-order valence-electron chi connectivity index (χ4n) is 4.40. The van der Waals surface area contributed by atoms with Crippen molar-refractivity contribution in [1.82, 2.24) is 4.57 Å². The number of hydrogen-bond acceptors (Lipinski definition) is 9. The molecule has 0 N–H and O–H groups in total. The van der Waals surface area contributed by atoms with Gasteiger partial charge in [0.1, 0.15) is 0 Å². The monoisotopic (exact) mass is 537 g/mol. The second-order valence-corrected chi connectivity index (χ2v) is 9.76. The highest BCUT2D eigenvalue weighted by Crippen LogP contribution is 2.38. The van der Waals surface area contributed by atoms with Gasteiger partial charge >= 0.3 is 5.97 Å². The van der Waals surface area contributed by atoms with E-state index in [9.17, 15) is 9.59 Å². The highest BCUT2D eigenvalue weighted by molar-refractivity contribution is 7.07. The number of carbonyl (C=O) groups excluding carboxylic acids is 1. The van der Waals surface area contributed by atoms with Gasteiger partial charge in [-0.3, -0.25) is 9.36 Å². The molecule has 1 aromatic heterocycles. The third kappa shape index (κ3) is 4.91. The van der Waals surface area contributed by atoms with Crippen LogP contribution in [0.1, 0.15) is 31.0 Å². The molecular formula is C28H31N3O6S. The van der Waals surface area contributed by atoms with Crippen molar-refractivity contribution in [2.75, 3.05) is 46.9 Å². The summed E-state index contributed by atoms with van der Waals surface area (Å²) in [6.07, 6.45) is 1.75. The van der Waals surface area contributed by atoms with Gasteiger partial charge in [0.15, 0.2) is 16.3 Å². The van der Waals surface area contributed by atoms with E-state index in [1.165, 1.54) is 32.7 Å². The van der Waals surface area contributed by atoms with Crippen LogP contribution in [0.15, 0.2) is 57.5 Å². The van der Waals surface area contributed by atoms with E-state index in [4.69, 9.17) is 18.9 Å². The lowest BCUT2D eigenvalue weighted by Gasteiger charge is -2.25. The number of fused-ring (bicyclic) bond motifs is 1. The van der Waals surface area contributed by atoms with Crippen molar-refractivity contribution in [3.8, 4) is 17.2 Å². The molecular weight excluding hydrogens is 506 g/mol. The minimum atomic E-state index is -0.677. The summed E-state index contributed by atoms with van der Waals surface area (Å²) in [6, 6.07) is 10.6. The summed E-state index contributed by atoms with van der Waals surface area (Å²) in [5.74, 6) is 0.925. The summed E-state index contributed by atoms with van der Waals surface area (Å²) in [4.78, 5) is 34.1. The van der Waals surface area contributed by atoms with Crippen LogP contribution in [0, 0.1) is 0 Å². The van der Waals surface area contributed by atoms with Crippen LogP contribution in [-0.4, -0.2) is 52.6 Å². The molecule has 38 heavy (non-hydrogen) atoms. The Bertz CT molecular complexity index is 1540. The molecule has 2 aromatic carbocycles. The van der Waals surface area contributed by atoms with E-state index in [-0.39, 0.29) is 12.2 Å². The number of carbonyl (C=O) groups is 1. The second kappa shape index (κ2) is 11.1. The summed E-state index contributed by atoms with van der Waals surface area (Å²) < 4.78 is 23.7. The molecule has 0 bridgehead atoms. The zero-order chi connectivity index (χ0) is 27.6. The van der Waals surface area contributed by atoms with Gasteiger partial charge in [-0.1, -0.05) is 23.5 Å². The maximum atomic E-state index is 13.9. The summed E-state index contributed by atoms with van der Waals surface area (Å²) >= 11 is 1.25. The average Bonchev–Trinajstić information content (AvgIpc) is 3.21. The van der Waals surface area contributed by atoms with Gasteiger partial charge in [0, 0.05) is 19.8 Å². The number of hydrogen-bond donors (Lipinski definition) is 0. The first-order valence-electron chi connectivity index (χ1n) is 12.0. The van der Waals surface area contributed by atoms with Crippen LogP contribution < -0.4 is 34.0 Å². The molecule has 0 radical (unpaired) electrons. The standard InChI is InChI=1S/C28H31N3O6S/c1-8-37-27(33)23-16(2)29-28-31(24(23)18-9-11-19(12-10-18)30(3)4)26(32)22(38-28)15-17-13-20(34-5)25(36-7)21(14-17)35-6/h9-15,24H,8H2,1-7H3/b22-15+/t24-/m0/s1. The van der Waals surface area contributed by atoms with E-state index in [2.05, 4.69) is 4.99 Å². The molecule has 2 heterocycles. The van der Waals surface area contributed by atoms with Gasteiger partial charge in [-0.05, 0) is 55.3 Å². The summed E-state index contributed by atoms with van der Waals surface area (Å²) in [7, 11) is 8.52. The van der Waals surface area contributed by atoms with Crippen LogP contribution >= 0.6 is 11.3 Å². The van der Waals surface area contributed by atoms with Gasteiger partial charge in [-0.25, -0.2) is 9.79 Å². The summed E-state index contributed by atoms with van der Waals surface area (Å²) in [6.45, 7) is 3.73. The second-order valence-electron chi connectivity index (χ2n) is 8.75. The van der Waals surface area contributed by atoms with Crippen LogP contribution in [0.2, 0.25) is 0 Å². The normalized spacial score (nSPS) is 15.0. The number of rotatable bonds is 8. The lowest BCUT2D eigenvalue weighted by atomic mass is 9.95. The maximum Gasteiger partial charge on any atom is 0.338 e. The lowest BCUT2D eigenvalue weighted by Crippen LogP contribution is -2.39. The van der Waals surface area contributed by atoms with E-state index in [1.807, 2.05) is 43.3 Å². The molecule has 0 aliphatic carbocycles. The molecule has 200 valence electrons. The predicted molar refractivity (Wildman–Crippen MR) is 147 cm³/mol. The van der Waals surface area contributed by atoms with Crippen molar-refractivity contribution < 1.29 is 23.7 Å². The molecule has 1 aliphatic heterocycles. The molecule has 0 amide bonds. The Hall–Kier alpha value is -4.05. The van der Waals surface area contributed by atoms with Crippen LogP contribution in [-0.2, 0) is 9.53 Å². The zero-order valence-electron chi connectivity index (χ0n) is 22.5. The van der Waals surface area contributed by atoms with Crippen LogP contribution in [0.5, 0.6) is 17.2 Å². The molecule has 10 heteroatoms. The minimum Gasteiger partial charge on any atom is -0.493 e. The number of ether oxygens (including phenoxy) is 4. The smallest absolute Gasteiger partial charge is 0.338 e. The zero-order valence-corrected chi connectivity index (χ0v) is 23.3.